The Balaban J connectivity index is 1.56. The fourth-order valence-electron chi connectivity index (χ4n) is 2.80. The molecule has 1 heterocycles. The number of hydrogen-bond donors (Lipinski definition) is 2. The van der Waals surface area contributed by atoms with Crippen molar-refractivity contribution in [2.24, 2.45) is 0 Å². The molecule has 0 aliphatic heterocycles. The van der Waals surface area contributed by atoms with E-state index >= 15 is 0 Å². The molecular formula is C21H16FN3O2. The third kappa shape index (κ3) is 3.50. The van der Waals surface area contributed by atoms with Crippen LogP contribution in [0.5, 0.6) is 11.5 Å². The van der Waals surface area contributed by atoms with E-state index in [1.54, 1.807) is 42.6 Å². The lowest BCUT2D eigenvalue weighted by atomic mass is 10.1. The number of nitrogens with zero attached hydrogens (tertiary/aromatic N) is 1. The minimum Gasteiger partial charge on any atom is -0.457 e. The third-order valence-corrected chi connectivity index (χ3v) is 4.17. The summed E-state index contributed by atoms with van der Waals surface area (Å²) in [7, 11) is 0. The zero-order valence-corrected chi connectivity index (χ0v) is 14.5. The number of halogens is 1. The Kier molecular flexibility index (Phi) is 4.30. The Labute approximate surface area is 154 Å². The minimum absolute atomic E-state index is 0.00985. The molecule has 1 amide bonds. The summed E-state index contributed by atoms with van der Waals surface area (Å²) in [5.41, 5.74) is 2.34. The monoisotopic (exact) mass is 361 g/mol. The molecule has 0 aliphatic carbocycles. The van der Waals surface area contributed by atoms with Gasteiger partial charge in [0.15, 0.2) is 0 Å². The Bertz CT molecular complexity index is 1140. The van der Waals surface area contributed by atoms with Crippen LogP contribution >= 0.6 is 0 Å². The van der Waals surface area contributed by atoms with Crippen LogP contribution in [-0.4, -0.2) is 16.1 Å². The topological polar surface area (TPSA) is 67.0 Å². The summed E-state index contributed by atoms with van der Waals surface area (Å²) in [5, 5.41) is 10.6. The summed E-state index contributed by atoms with van der Waals surface area (Å²) in [6, 6.07) is 16.7. The highest BCUT2D eigenvalue weighted by Gasteiger charge is 2.12. The Morgan fingerprint density at radius 1 is 1.11 bits per heavy atom. The van der Waals surface area contributed by atoms with E-state index in [0.29, 0.717) is 17.2 Å². The Morgan fingerprint density at radius 2 is 1.96 bits per heavy atom. The molecule has 4 rings (SSSR count). The molecule has 2 N–H and O–H groups in total. The molecule has 0 bridgehead atoms. The standard InChI is InChI=1S/C21H16FN3O2/c1-13-9-14-12-23-25-19(14)11-20(13)27-16-6-4-5-15(10-16)24-21(26)17-7-2-3-8-18(17)22/h2-12H,1H3,(H,23,25)(H,24,26). The zero-order chi connectivity index (χ0) is 18.8. The van der Waals surface area contributed by atoms with E-state index in [9.17, 15) is 9.18 Å². The highest BCUT2D eigenvalue weighted by molar-refractivity contribution is 6.04. The number of nitrogens with one attached hydrogen (secondary N) is 2. The van der Waals surface area contributed by atoms with Gasteiger partial charge in [-0.05, 0) is 42.8 Å². The maximum absolute atomic E-state index is 13.8. The van der Waals surface area contributed by atoms with Crippen molar-refractivity contribution in [2.45, 2.75) is 6.92 Å². The zero-order valence-electron chi connectivity index (χ0n) is 14.5. The number of aromatic nitrogens is 2. The van der Waals surface area contributed by atoms with Crippen LogP contribution in [-0.2, 0) is 0 Å². The van der Waals surface area contributed by atoms with Gasteiger partial charge in [0.1, 0.15) is 17.3 Å². The lowest BCUT2D eigenvalue weighted by Crippen LogP contribution is -2.13. The summed E-state index contributed by atoms with van der Waals surface area (Å²) in [6.45, 7) is 1.95. The van der Waals surface area contributed by atoms with Crippen LogP contribution in [0.1, 0.15) is 15.9 Å². The van der Waals surface area contributed by atoms with Crippen LogP contribution in [0.3, 0.4) is 0 Å². The van der Waals surface area contributed by atoms with E-state index in [4.69, 9.17) is 4.74 Å². The predicted molar refractivity (Wildman–Crippen MR) is 102 cm³/mol. The molecule has 0 spiro atoms. The van der Waals surface area contributed by atoms with Crippen molar-refractivity contribution in [3.8, 4) is 11.5 Å². The average Bonchev–Trinajstić information content (AvgIpc) is 3.09. The van der Waals surface area contributed by atoms with Gasteiger partial charge >= 0.3 is 0 Å². The number of aryl methyl sites for hydroxylation is 1. The number of amides is 1. The van der Waals surface area contributed by atoms with Crippen LogP contribution in [0, 0.1) is 12.7 Å². The first-order valence-corrected chi connectivity index (χ1v) is 8.38. The lowest BCUT2D eigenvalue weighted by Gasteiger charge is -2.11. The van der Waals surface area contributed by atoms with Crippen molar-refractivity contribution in [3.63, 3.8) is 0 Å². The summed E-state index contributed by atoms with van der Waals surface area (Å²) >= 11 is 0. The molecule has 3 aromatic carbocycles. The normalized spacial score (nSPS) is 10.7. The molecule has 27 heavy (non-hydrogen) atoms. The van der Waals surface area contributed by atoms with Crippen LogP contribution < -0.4 is 10.1 Å². The first-order chi connectivity index (χ1) is 13.1. The second kappa shape index (κ2) is 6.92. The number of rotatable bonds is 4. The molecule has 0 saturated carbocycles. The average molecular weight is 361 g/mol. The van der Waals surface area contributed by atoms with Crippen molar-refractivity contribution >= 4 is 22.5 Å². The van der Waals surface area contributed by atoms with E-state index in [0.717, 1.165) is 16.5 Å². The van der Waals surface area contributed by atoms with Gasteiger partial charge in [0, 0.05) is 23.2 Å². The molecule has 0 unspecified atom stereocenters. The highest BCUT2D eigenvalue weighted by atomic mass is 19.1. The first-order valence-electron chi connectivity index (χ1n) is 8.38. The number of carbonyl (C=O) groups excluding carboxylic acids is 1. The molecule has 0 radical (unpaired) electrons. The molecule has 6 heteroatoms. The first kappa shape index (κ1) is 16.8. The molecule has 4 aromatic rings. The molecule has 0 atom stereocenters. The van der Waals surface area contributed by atoms with Gasteiger partial charge in [-0.2, -0.15) is 5.10 Å². The third-order valence-electron chi connectivity index (χ3n) is 4.17. The van der Waals surface area contributed by atoms with Gasteiger partial charge in [-0.1, -0.05) is 18.2 Å². The number of anilines is 1. The predicted octanol–water partition coefficient (Wildman–Crippen LogP) is 5.06. The summed E-state index contributed by atoms with van der Waals surface area (Å²) in [5.74, 6) is 0.166. The van der Waals surface area contributed by atoms with Crippen molar-refractivity contribution in [3.05, 3.63) is 83.8 Å². The van der Waals surface area contributed by atoms with Gasteiger partial charge in [-0.25, -0.2) is 4.39 Å². The van der Waals surface area contributed by atoms with Crippen LogP contribution in [0.25, 0.3) is 10.9 Å². The highest BCUT2D eigenvalue weighted by Crippen LogP contribution is 2.30. The van der Waals surface area contributed by atoms with Gasteiger partial charge in [-0.15, -0.1) is 0 Å². The second-order valence-electron chi connectivity index (χ2n) is 6.14. The maximum atomic E-state index is 13.8. The van der Waals surface area contributed by atoms with E-state index in [1.165, 1.54) is 12.1 Å². The fourth-order valence-corrected chi connectivity index (χ4v) is 2.80. The van der Waals surface area contributed by atoms with Gasteiger partial charge in [-0.3, -0.25) is 9.89 Å². The number of H-pyrrole nitrogens is 1. The van der Waals surface area contributed by atoms with E-state index in [2.05, 4.69) is 15.5 Å². The van der Waals surface area contributed by atoms with Gasteiger partial charge in [0.05, 0.1) is 17.3 Å². The minimum atomic E-state index is -0.564. The number of aromatic amines is 1. The van der Waals surface area contributed by atoms with Crippen LogP contribution in [0.15, 0.2) is 66.9 Å². The van der Waals surface area contributed by atoms with Gasteiger partial charge in [0.2, 0.25) is 0 Å². The van der Waals surface area contributed by atoms with Crippen LogP contribution in [0.4, 0.5) is 10.1 Å². The van der Waals surface area contributed by atoms with E-state index in [-0.39, 0.29) is 5.56 Å². The number of hydrogen-bond acceptors (Lipinski definition) is 3. The maximum Gasteiger partial charge on any atom is 0.258 e. The molecular weight excluding hydrogens is 345 g/mol. The second-order valence-corrected chi connectivity index (χ2v) is 6.14. The summed E-state index contributed by atoms with van der Waals surface area (Å²) in [6.07, 6.45) is 1.75. The van der Waals surface area contributed by atoms with Crippen molar-refractivity contribution in [1.29, 1.82) is 0 Å². The molecule has 0 aliphatic rings. The number of ether oxygens (including phenoxy) is 1. The van der Waals surface area contributed by atoms with Crippen molar-refractivity contribution < 1.29 is 13.9 Å². The van der Waals surface area contributed by atoms with Crippen LogP contribution in [0.2, 0.25) is 0 Å². The molecule has 134 valence electrons. The fraction of sp³-hybridized carbons (Fsp3) is 0.0476. The van der Waals surface area contributed by atoms with Crippen molar-refractivity contribution in [2.75, 3.05) is 5.32 Å². The number of benzene rings is 3. The summed E-state index contributed by atoms with van der Waals surface area (Å²) < 4.78 is 19.7. The molecule has 0 saturated heterocycles. The lowest BCUT2D eigenvalue weighted by molar-refractivity contribution is 0.102. The SMILES string of the molecule is Cc1cc2cn[nH]c2cc1Oc1cccc(NC(=O)c2ccccc2F)c1. The van der Waals surface area contributed by atoms with Crippen molar-refractivity contribution in [1.82, 2.24) is 10.2 Å². The molecule has 1 aromatic heterocycles. The summed E-state index contributed by atoms with van der Waals surface area (Å²) in [4.78, 5) is 12.3. The Hall–Kier alpha value is -3.67. The Morgan fingerprint density at radius 3 is 2.81 bits per heavy atom. The smallest absolute Gasteiger partial charge is 0.258 e. The number of fused-ring (bicyclic) bond motifs is 1. The van der Waals surface area contributed by atoms with Gasteiger partial charge < -0.3 is 10.1 Å². The van der Waals surface area contributed by atoms with Gasteiger partial charge in [0.25, 0.3) is 5.91 Å². The molecule has 0 fully saturated rings. The van der Waals surface area contributed by atoms with E-state index in [1.807, 2.05) is 19.1 Å². The number of carbonyl (C=O) groups is 1. The molecule has 5 nitrogen and oxygen atoms in total. The largest absolute Gasteiger partial charge is 0.457 e. The quantitative estimate of drug-likeness (QED) is 0.534. The van der Waals surface area contributed by atoms with E-state index < -0.39 is 11.7 Å².